The highest BCUT2D eigenvalue weighted by Crippen LogP contribution is 2.37. The summed E-state index contributed by atoms with van der Waals surface area (Å²) in [6.45, 7) is 4.11. The molecule has 0 unspecified atom stereocenters. The summed E-state index contributed by atoms with van der Waals surface area (Å²) in [4.78, 5) is 12.9. The Labute approximate surface area is 153 Å². The first-order valence-electron chi connectivity index (χ1n) is 8.67. The molecule has 0 bridgehead atoms. The van der Waals surface area contributed by atoms with Crippen molar-refractivity contribution in [2.24, 2.45) is 5.73 Å². The SMILES string of the molecule is C/C=C(\N)SCc1ccc2c(c1)C(=CCCC)c1ccccc1C2=O. The number of nitrogens with two attached hydrogens (primary N) is 1. The number of fused-ring (bicyclic) bond motifs is 2. The molecule has 2 nitrogen and oxygen atoms in total. The molecule has 3 heteroatoms. The van der Waals surface area contributed by atoms with Crippen molar-refractivity contribution in [1.29, 1.82) is 0 Å². The van der Waals surface area contributed by atoms with Crippen molar-refractivity contribution in [3.05, 3.63) is 87.5 Å². The van der Waals surface area contributed by atoms with Crippen LogP contribution in [0, 0.1) is 0 Å². The van der Waals surface area contributed by atoms with Gasteiger partial charge in [-0.25, -0.2) is 0 Å². The van der Waals surface area contributed by atoms with Gasteiger partial charge in [-0.05, 0) is 41.7 Å². The van der Waals surface area contributed by atoms with Crippen LogP contribution >= 0.6 is 11.8 Å². The van der Waals surface area contributed by atoms with Gasteiger partial charge in [0.25, 0.3) is 0 Å². The van der Waals surface area contributed by atoms with Crippen LogP contribution in [0.5, 0.6) is 0 Å². The van der Waals surface area contributed by atoms with Crippen LogP contribution in [0.3, 0.4) is 0 Å². The monoisotopic (exact) mass is 349 g/mol. The first-order valence-corrected chi connectivity index (χ1v) is 9.66. The largest absolute Gasteiger partial charge is 0.394 e. The maximum absolute atomic E-state index is 12.9. The van der Waals surface area contributed by atoms with Crippen LogP contribution in [-0.4, -0.2) is 5.78 Å². The Balaban J connectivity index is 2.06. The van der Waals surface area contributed by atoms with Crippen LogP contribution < -0.4 is 5.73 Å². The maximum atomic E-state index is 12.9. The molecular weight excluding hydrogens is 326 g/mol. The van der Waals surface area contributed by atoms with E-state index in [0.29, 0.717) is 0 Å². The summed E-state index contributed by atoms with van der Waals surface area (Å²) in [5.74, 6) is 0.923. The first kappa shape index (κ1) is 17.6. The molecule has 2 aromatic carbocycles. The van der Waals surface area contributed by atoms with Gasteiger partial charge in [0.15, 0.2) is 5.78 Å². The summed E-state index contributed by atoms with van der Waals surface area (Å²) >= 11 is 1.62. The van der Waals surface area contributed by atoms with Crippen LogP contribution in [0.4, 0.5) is 0 Å². The summed E-state index contributed by atoms with van der Waals surface area (Å²) < 4.78 is 0. The van der Waals surface area contributed by atoms with Crippen molar-refractivity contribution in [1.82, 2.24) is 0 Å². The standard InChI is InChI=1S/C22H23NOS/c1-3-5-8-17-16-9-6-7-10-18(16)22(24)19-12-11-15(13-20(17)19)14-25-21(23)4-2/h4,6-13H,3,5,14,23H2,1-2H3/b17-8?,21-4+. The van der Waals surface area contributed by atoms with E-state index in [1.54, 1.807) is 11.8 Å². The van der Waals surface area contributed by atoms with Gasteiger partial charge in [0.2, 0.25) is 0 Å². The molecule has 0 saturated heterocycles. The average Bonchev–Trinajstić information content (AvgIpc) is 2.66. The van der Waals surface area contributed by atoms with Gasteiger partial charge in [-0.1, -0.05) is 61.9 Å². The number of carbonyl (C=O) groups excluding carboxylic acids is 1. The molecule has 0 spiro atoms. The topological polar surface area (TPSA) is 43.1 Å². The molecule has 0 aromatic heterocycles. The molecule has 0 amide bonds. The van der Waals surface area contributed by atoms with Crippen molar-refractivity contribution in [3.8, 4) is 0 Å². The lowest BCUT2D eigenvalue weighted by atomic mass is 9.80. The number of benzene rings is 2. The molecule has 1 aliphatic carbocycles. The molecule has 25 heavy (non-hydrogen) atoms. The highest BCUT2D eigenvalue weighted by molar-refractivity contribution is 8.02. The zero-order chi connectivity index (χ0) is 17.8. The summed E-state index contributed by atoms with van der Waals surface area (Å²) in [5.41, 5.74) is 12.0. The van der Waals surface area contributed by atoms with Gasteiger partial charge in [-0.2, -0.15) is 0 Å². The molecule has 0 radical (unpaired) electrons. The lowest BCUT2D eigenvalue weighted by molar-refractivity contribution is 0.103. The smallest absolute Gasteiger partial charge is 0.194 e. The Kier molecular flexibility index (Phi) is 5.44. The van der Waals surface area contributed by atoms with Crippen molar-refractivity contribution in [2.45, 2.75) is 32.4 Å². The van der Waals surface area contributed by atoms with E-state index >= 15 is 0 Å². The zero-order valence-electron chi connectivity index (χ0n) is 14.7. The van der Waals surface area contributed by atoms with Gasteiger partial charge in [0.05, 0.1) is 5.03 Å². The number of hydrogen-bond donors (Lipinski definition) is 1. The fourth-order valence-corrected chi connectivity index (χ4v) is 3.75. The fourth-order valence-electron chi connectivity index (χ4n) is 3.07. The van der Waals surface area contributed by atoms with Crippen molar-refractivity contribution in [2.75, 3.05) is 0 Å². The lowest BCUT2D eigenvalue weighted by Crippen LogP contribution is -2.14. The predicted octanol–water partition coefficient (Wildman–Crippen LogP) is 5.52. The third kappa shape index (κ3) is 3.57. The zero-order valence-corrected chi connectivity index (χ0v) is 15.5. The second-order valence-electron chi connectivity index (χ2n) is 6.14. The second kappa shape index (κ2) is 7.75. The second-order valence-corrected chi connectivity index (χ2v) is 7.19. The van der Waals surface area contributed by atoms with E-state index in [4.69, 9.17) is 5.73 Å². The molecule has 0 aliphatic heterocycles. The first-order chi connectivity index (χ1) is 12.2. The van der Waals surface area contributed by atoms with Crippen molar-refractivity contribution in [3.63, 3.8) is 0 Å². The minimum absolute atomic E-state index is 0.117. The molecule has 128 valence electrons. The van der Waals surface area contributed by atoms with Gasteiger partial charge in [-0.3, -0.25) is 4.79 Å². The Morgan fingerprint density at radius 3 is 2.52 bits per heavy atom. The molecule has 0 heterocycles. The number of unbranched alkanes of at least 4 members (excludes halogenated alkanes) is 1. The van der Waals surface area contributed by atoms with Gasteiger partial charge >= 0.3 is 0 Å². The Morgan fingerprint density at radius 2 is 1.80 bits per heavy atom. The molecule has 1 aliphatic rings. The Morgan fingerprint density at radius 1 is 1.08 bits per heavy atom. The van der Waals surface area contributed by atoms with E-state index in [9.17, 15) is 4.79 Å². The van der Waals surface area contributed by atoms with E-state index in [0.717, 1.165) is 45.9 Å². The Bertz CT molecular complexity index is 864. The number of allylic oxidation sites excluding steroid dienone is 2. The van der Waals surface area contributed by atoms with E-state index < -0.39 is 0 Å². The molecule has 0 atom stereocenters. The number of thioether (sulfide) groups is 1. The minimum atomic E-state index is 0.117. The fraction of sp³-hybridized carbons (Fsp3) is 0.227. The van der Waals surface area contributed by atoms with Crippen molar-refractivity contribution >= 4 is 23.1 Å². The lowest BCUT2D eigenvalue weighted by Gasteiger charge is -2.22. The number of carbonyl (C=O) groups is 1. The van der Waals surface area contributed by atoms with E-state index in [2.05, 4.69) is 25.1 Å². The van der Waals surface area contributed by atoms with Crippen LogP contribution in [-0.2, 0) is 5.75 Å². The number of hydrogen-bond acceptors (Lipinski definition) is 3. The summed E-state index contributed by atoms with van der Waals surface area (Å²) in [6.07, 6.45) is 6.26. The molecule has 2 aromatic rings. The highest BCUT2D eigenvalue weighted by atomic mass is 32.2. The number of ketones is 1. The minimum Gasteiger partial charge on any atom is -0.394 e. The van der Waals surface area contributed by atoms with E-state index in [1.807, 2.05) is 43.3 Å². The molecule has 0 saturated carbocycles. The van der Waals surface area contributed by atoms with Crippen LogP contribution in [0.15, 0.2) is 59.6 Å². The third-order valence-electron chi connectivity index (χ3n) is 4.41. The van der Waals surface area contributed by atoms with Gasteiger partial charge in [0.1, 0.15) is 0 Å². The van der Waals surface area contributed by atoms with Crippen LogP contribution in [0.1, 0.15) is 59.3 Å². The number of rotatable bonds is 5. The van der Waals surface area contributed by atoms with Crippen LogP contribution in [0.2, 0.25) is 0 Å². The maximum Gasteiger partial charge on any atom is 0.194 e. The van der Waals surface area contributed by atoms with Crippen molar-refractivity contribution < 1.29 is 4.79 Å². The molecular formula is C22H23NOS. The van der Waals surface area contributed by atoms with Gasteiger partial charge in [-0.15, -0.1) is 11.8 Å². The van der Waals surface area contributed by atoms with E-state index in [1.165, 1.54) is 11.1 Å². The molecule has 2 N–H and O–H groups in total. The normalized spacial score (nSPS) is 15.2. The average molecular weight is 349 g/mol. The quantitative estimate of drug-likeness (QED) is 0.660. The highest BCUT2D eigenvalue weighted by Gasteiger charge is 2.26. The summed E-state index contributed by atoms with van der Waals surface area (Å²) in [5, 5.41) is 0.820. The van der Waals surface area contributed by atoms with E-state index in [-0.39, 0.29) is 5.78 Å². The van der Waals surface area contributed by atoms with Gasteiger partial charge < -0.3 is 5.73 Å². The van der Waals surface area contributed by atoms with Gasteiger partial charge in [0, 0.05) is 16.9 Å². The predicted molar refractivity (Wildman–Crippen MR) is 108 cm³/mol. The summed E-state index contributed by atoms with van der Waals surface area (Å²) in [7, 11) is 0. The molecule has 3 rings (SSSR count). The van der Waals surface area contributed by atoms with Crippen LogP contribution in [0.25, 0.3) is 5.57 Å². The third-order valence-corrected chi connectivity index (χ3v) is 5.45. The Hall–Kier alpha value is -2.26. The molecule has 0 fully saturated rings. The summed E-state index contributed by atoms with van der Waals surface area (Å²) in [6, 6.07) is 14.1.